The van der Waals surface area contributed by atoms with Crippen LogP contribution in [0.25, 0.3) is 0 Å². The van der Waals surface area contributed by atoms with Gasteiger partial charge in [0.1, 0.15) is 30.5 Å². The molecule has 0 radical (unpaired) electrons. The number of piperidine rings is 1. The van der Waals surface area contributed by atoms with Gasteiger partial charge >= 0.3 is 12.1 Å². The van der Waals surface area contributed by atoms with Crippen LogP contribution in [-0.4, -0.2) is 167 Å². The van der Waals surface area contributed by atoms with Gasteiger partial charge in [0, 0.05) is 45.8 Å². The van der Waals surface area contributed by atoms with Gasteiger partial charge in [0.2, 0.25) is 5.79 Å². The average Bonchev–Trinajstić information content (AvgIpc) is 0.748. The predicted molar refractivity (Wildman–Crippen MR) is 402 cm³/mol. The van der Waals surface area contributed by atoms with Crippen molar-refractivity contribution in [3.63, 3.8) is 0 Å². The lowest BCUT2D eigenvalue weighted by atomic mass is 9.81. The molecule has 3 saturated heterocycles. The van der Waals surface area contributed by atoms with Gasteiger partial charge in [-0.2, -0.15) is 0 Å². The van der Waals surface area contributed by atoms with Crippen molar-refractivity contribution in [2.75, 3.05) is 41.1 Å². The molecule has 0 aromatic heterocycles. The second-order valence-corrected chi connectivity index (χ2v) is 49.1. The molecule has 558 valence electrons. The first kappa shape index (κ1) is 82.6. The van der Waals surface area contributed by atoms with Gasteiger partial charge in [0.15, 0.2) is 28.2 Å². The SMILES string of the molecule is CO[C@@H](C[C@@H](C)C/C(C)=C/C1=CC(=O)CO[C@@]12C[C@H]([C@@H](C)[C@H](OC(=O)C1CCCCN1C(=O)OC(C)(C)C)/C(C)=C/[C@@H]1CC[C@@H](O[Si](c3ccccc3)(c3ccccc3)C(C)(C)C)[C@H](OC)C1)OC(C)(C)O2)[C@H]1OC([C@H](CO[Si](C)(C)C(C)(C)C)O[Si](C)(C)C(C)(C)C)[C@H](C)C[C@@H]1OC. The minimum absolute atomic E-state index is 0.0202. The summed E-state index contributed by atoms with van der Waals surface area (Å²) in [6, 6.07) is 20.6. The second kappa shape index (κ2) is 33.2. The Bertz CT molecular complexity index is 3030. The zero-order valence-electron chi connectivity index (χ0n) is 65.9. The zero-order valence-corrected chi connectivity index (χ0v) is 68.9. The maximum Gasteiger partial charge on any atom is 0.411 e. The van der Waals surface area contributed by atoms with Crippen molar-refractivity contribution < 1.29 is 70.3 Å². The normalized spacial score (nSPS) is 28.2. The molecule has 4 heterocycles. The molecule has 1 amide bonds. The summed E-state index contributed by atoms with van der Waals surface area (Å²) >= 11 is 0. The Morgan fingerprint density at radius 2 is 1.35 bits per heavy atom. The summed E-state index contributed by atoms with van der Waals surface area (Å²) in [5.41, 5.74) is 1.71. The molecule has 4 fully saturated rings. The van der Waals surface area contributed by atoms with Crippen LogP contribution in [0.3, 0.4) is 0 Å². The van der Waals surface area contributed by atoms with Crippen molar-refractivity contribution in [1.29, 1.82) is 0 Å². The van der Waals surface area contributed by atoms with Gasteiger partial charge in [-0.05, 0) is 187 Å². The molecule has 1 spiro atoms. The van der Waals surface area contributed by atoms with Crippen molar-refractivity contribution >= 4 is 53.2 Å². The van der Waals surface area contributed by atoms with E-state index in [1.807, 2.05) is 47.6 Å². The Morgan fingerprint density at radius 3 is 1.91 bits per heavy atom. The average molecular weight is 1430 g/mol. The highest BCUT2D eigenvalue weighted by molar-refractivity contribution is 6.99. The van der Waals surface area contributed by atoms with Gasteiger partial charge in [-0.25, -0.2) is 9.59 Å². The third-order valence-corrected chi connectivity index (χ3v) is 36.6. The standard InChI is InChI=1S/C80H131NO15Si3/c1-53(43-54(2)45-66(86-21)72-67(87-22)47-56(4)71(90-72)69(94-98(25,26)77(12,13)14)52-89-97(23,24)76(9,10)11)44-59-49-60(82)51-88-80(59)50-68(92-79(18,19)96-80)57(5)70(91-73(83)63-39-33-34-42-81(63)74(84)93-75(6,7)8)55(3)46-58-40-41-64(65(48-58)85-20)95-99(78(15,16)17,61-35-29-27-30-36-61)62-37-31-28-32-38-62/h27-32,35-38,44,46,49,54,56-58,63-72H,33-34,39-43,45,47-48,50-52H2,1-26H3/b53-44+,55-46+/t54-,56+,57+,58-,63?,64+,65+,66-,67-,68+,69-,70+,71?,72+,80+/m0/s1. The molecule has 19 heteroatoms. The Hall–Kier alpha value is -3.68. The Labute approximate surface area is 600 Å². The van der Waals surface area contributed by atoms with E-state index in [-0.39, 0.29) is 94.4 Å². The topological polar surface area (TPSA) is 165 Å². The van der Waals surface area contributed by atoms with E-state index in [0.29, 0.717) is 44.4 Å². The number of nitrogens with zero attached hydrogens (tertiary/aromatic N) is 1. The van der Waals surface area contributed by atoms with Crippen LogP contribution < -0.4 is 10.4 Å². The van der Waals surface area contributed by atoms with Crippen LogP contribution in [0, 0.1) is 23.7 Å². The Morgan fingerprint density at radius 1 is 0.747 bits per heavy atom. The summed E-state index contributed by atoms with van der Waals surface area (Å²) in [7, 11) is -2.04. The van der Waals surface area contributed by atoms with Gasteiger partial charge in [-0.1, -0.05) is 161 Å². The molecule has 2 unspecified atom stereocenters. The number of benzene rings is 2. The number of allylic oxidation sites excluding steroid dienone is 2. The largest absolute Gasteiger partial charge is 0.456 e. The number of carbonyl (C=O) groups is 3. The molecule has 16 nitrogen and oxygen atoms in total. The number of hydrogen-bond donors (Lipinski definition) is 0. The summed E-state index contributed by atoms with van der Waals surface area (Å²) in [5.74, 6) is -3.52. The highest BCUT2D eigenvalue weighted by Crippen LogP contribution is 2.48. The van der Waals surface area contributed by atoms with Crippen molar-refractivity contribution in [2.45, 2.75) is 315 Å². The van der Waals surface area contributed by atoms with E-state index in [4.69, 9.17) is 55.9 Å². The quantitative estimate of drug-likeness (QED) is 0.0523. The van der Waals surface area contributed by atoms with Crippen LogP contribution in [0.4, 0.5) is 4.79 Å². The first-order valence-electron chi connectivity index (χ1n) is 37.1. The Kier molecular flexibility index (Phi) is 27.7. The van der Waals surface area contributed by atoms with Crippen LogP contribution in [0.15, 0.2) is 95.6 Å². The summed E-state index contributed by atoms with van der Waals surface area (Å²) in [4.78, 5) is 44.2. The third kappa shape index (κ3) is 20.4. The highest BCUT2D eigenvalue weighted by Gasteiger charge is 2.56. The predicted octanol–water partition coefficient (Wildman–Crippen LogP) is 16.4. The summed E-state index contributed by atoms with van der Waals surface area (Å²) in [6.07, 6.45) is 8.64. The van der Waals surface area contributed by atoms with E-state index >= 15 is 4.79 Å². The minimum Gasteiger partial charge on any atom is -0.456 e. The molecule has 1 aliphatic carbocycles. The smallest absolute Gasteiger partial charge is 0.411 e. The number of ketones is 1. The first-order valence-corrected chi connectivity index (χ1v) is 44.8. The highest BCUT2D eigenvalue weighted by atomic mass is 28.4. The number of methoxy groups -OCH3 is 3. The van der Waals surface area contributed by atoms with Crippen molar-refractivity contribution in [3.8, 4) is 0 Å². The van der Waals surface area contributed by atoms with Gasteiger partial charge in [-0.15, -0.1) is 0 Å². The van der Waals surface area contributed by atoms with Gasteiger partial charge < -0.3 is 55.9 Å². The fourth-order valence-electron chi connectivity index (χ4n) is 15.2. The lowest BCUT2D eigenvalue weighted by Gasteiger charge is -2.51. The molecule has 5 aliphatic rings. The molecule has 7 rings (SSSR count). The minimum atomic E-state index is -2.93. The number of ether oxygens (including phenoxy) is 9. The second-order valence-electron chi connectivity index (χ2n) is 35.3. The van der Waals surface area contributed by atoms with Crippen LogP contribution in [0.1, 0.15) is 196 Å². The molecule has 15 atom stereocenters. The molecular weight excluding hydrogens is 1300 g/mol. The summed E-state index contributed by atoms with van der Waals surface area (Å²) in [5, 5.41) is 2.22. The molecule has 1 saturated carbocycles. The van der Waals surface area contributed by atoms with Gasteiger partial charge in [0.05, 0.1) is 49.3 Å². The number of hydrogen-bond acceptors (Lipinski definition) is 15. The monoisotopic (exact) mass is 1430 g/mol. The van der Waals surface area contributed by atoms with Gasteiger partial charge in [0.25, 0.3) is 8.32 Å². The number of esters is 1. The van der Waals surface area contributed by atoms with Crippen LogP contribution in [0.2, 0.25) is 41.3 Å². The van der Waals surface area contributed by atoms with E-state index in [2.05, 4.69) is 183 Å². The van der Waals surface area contributed by atoms with E-state index in [0.717, 1.165) is 43.3 Å². The van der Waals surface area contributed by atoms with Crippen LogP contribution in [-0.2, 0) is 65.5 Å². The first-order chi connectivity index (χ1) is 45.9. The molecule has 99 heavy (non-hydrogen) atoms. The zero-order chi connectivity index (χ0) is 73.6. The number of carbonyl (C=O) groups excluding carboxylic acids is 3. The van der Waals surface area contributed by atoms with Crippen molar-refractivity contribution in [2.24, 2.45) is 23.7 Å². The fraction of sp³-hybridized carbons (Fsp3) is 0.738. The fourth-order valence-corrected chi connectivity index (χ4v) is 22.3. The van der Waals surface area contributed by atoms with Crippen molar-refractivity contribution in [3.05, 3.63) is 95.6 Å². The third-order valence-electron chi connectivity index (χ3n) is 22.6. The summed E-state index contributed by atoms with van der Waals surface area (Å²) in [6.45, 7) is 50.3. The Balaban J connectivity index is 1.16. The number of amides is 1. The lowest BCUT2D eigenvalue weighted by molar-refractivity contribution is -0.392. The van der Waals surface area contributed by atoms with E-state index in [1.165, 1.54) is 15.3 Å². The molecule has 0 N–H and O–H groups in total. The lowest BCUT2D eigenvalue weighted by Crippen LogP contribution is -2.68. The molecule has 2 aromatic carbocycles. The maximum absolute atomic E-state index is 15.1. The van der Waals surface area contributed by atoms with Crippen LogP contribution in [0.5, 0.6) is 0 Å². The number of likely N-dealkylation sites (tertiary alicyclic amines) is 1. The number of rotatable bonds is 25. The molecule has 0 bridgehead atoms. The molecule has 4 aliphatic heterocycles. The van der Waals surface area contributed by atoms with Gasteiger partial charge in [-0.3, -0.25) is 9.69 Å². The van der Waals surface area contributed by atoms with E-state index in [1.54, 1.807) is 27.4 Å². The van der Waals surface area contributed by atoms with E-state index in [9.17, 15) is 9.59 Å². The van der Waals surface area contributed by atoms with Crippen LogP contribution >= 0.6 is 0 Å². The molecular formula is C80H131NO15Si3. The van der Waals surface area contributed by atoms with E-state index < -0.39 is 78.4 Å². The molecule has 2 aromatic rings. The maximum atomic E-state index is 15.1. The van der Waals surface area contributed by atoms with Crippen molar-refractivity contribution in [1.82, 2.24) is 4.90 Å². The summed E-state index contributed by atoms with van der Waals surface area (Å²) < 4.78 is 82.0.